The number of nitrogens with zero attached hydrogens (tertiary/aromatic N) is 2. The fraction of sp³-hybridized carbons (Fsp3) is 0.263. The summed E-state index contributed by atoms with van der Waals surface area (Å²) in [6, 6.07) is 8.93. The zero-order chi connectivity index (χ0) is 17.3. The Hall–Kier alpha value is -2.69. The first-order chi connectivity index (χ1) is 11.5. The molecular formula is C19H20FN3O. The van der Waals surface area contributed by atoms with Crippen molar-refractivity contribution in [2.75, 3.05) is 5.73 Å². The number of aromatic nitrogens is 2. The first kappa shape index (κ1) is 16.2. The predicted octanol–water partition coefficient (Wildman–Crippen LogP) is 3.93. The predicted molar refractivity (Wildman–Crippen MR) is 93.3 cm³/mol. The highest BCUT2D eigenvalue weighted by atomic mass is 19.1. The highest BCUT2D eigenvalue weighted by Gasteiger charge is 2.18. The average molecular weight is 325 g/mol. The minimum Gasteiger partial charge on any atom is -0.382 e. The number of halogens is 1. The Labute approximate surface area is 140 Å². The minimum absolute atomic E-state index is 0.195. The molecule has 0 spiro atoms. The van der Waals surface area contributed by atoms with E-state index in [1.807, 2.05) is 35.7 Å². The van der Waals surface area contributed by atoms with Gasteiger partial charge in [-0.2, -0.15) is 0 Å². The number of anilines is 1. The lowest BCUT2D eigenvalue weighted by atomic mass is 10.0. The number of aldehydes is 1. The summed E-state index contributed by atoms with van der Waals surface area (Å²) in [5.74, 6) is 0.780. The first-order valence-electron chi connectivity index (χ1n) is 7.96. The van der Waals surface area contributed by atoms with Crippen molar-refractivity contribution in [3.8, 4) is 11.1 Å². The number of benzene rings is 1. The Kier molecular flexibility index (Phi) is 4.34. The van der Waals surface area contributed by atoms with Crippen LogP contribution in [0.25, 0.3) is 16.8 Å². The fourth-order valence-corrected chi connectivity index (χ4v) is 2.49. The molecule has 0 atom stereocenters. The van der Waals surface area contributed by atoms with Gasteiger partial charge in [-0.05, 0) is 61.6 Å². The smallest absolute Gasteiger partial charge is 0.145 e. The number of imidazole rings is 1. The standard InChI is InChI=1S/C15H14FN3.C4H6O/c1-9-12(4-3-5-13(9)16)11-6-7-14-18-15(17)10(2)19(14)8-11;5-3-4-1-2-4/h3-8H,17H2,1-2H3;3-4H,1-2H2. The van der Waals surface area contributed by atoms with Crippen LogP contribution in [0, 0.1) is 25.6 Å². The van der Waals surface area contributed by atoms with Crippen molar-refractivity contribution in [1.82, 2.24) is 9.38 Å². The summed E-state index contributed by atoms with van der Waals surface area (Å²) >= 11 is 0. The maximum Gasteiger partial charge on any atom is 0.145 e. The topological polar surface area (TPSA) is 60.4 Å². The van der Waals surface area contributed by atoms with Crippen LogP contribution in [0.4, 0.5) is 10.2 Å². The molecule has 0 radical (unpaired) electrons. The van der Waals surface area contributed by atoms with Gasteiger partial charge >= 0.3 is 0 Å². The molecule has 5 heteroatoms. The van der Waals surface area contributed by atoms with E-state index < -0.39 is 0 Å². The van der Waals surface area contributed by atoms with Gasteiger partial charge in [0.05, 0.1) is 5.69 Å². The lowest BCUT2D eigenvalue weighted by Crippen LogP contribution is -1.93. The van der Waals surface area contributed by atoms with Crippen LogP contribution in [0.3, 0.4) is 0 Å². The molecule has 0 unspecified atom stereocenters. The first-order valence-corrected chi connectivity index (χ1v) is 7.96. The summed E-state index contributed by atoms with van der Waals surface area (Å²) in [5.41, 5.74) is 9.97. The number of fused-ring (bicyclic) bond motifs is 1. The molecule has 1 aliphatic carbocycles. The fourth-order valence-electron chi connectivity index (χ4n) is 2.49. The van der Waals surface area contributed by atoms with Crippen molar-refractivity contribution >= 4 is 17.8 Å². The monoisotopic (exact) mass is 325 g/mol. The second-order valence-corrected chi connectivity index (χ2v) is 6.11. The summed E-state index contributed by atoms with van der Waals surface area (Å²) < 4.78 is 15.5. The number of nitrogen functional groups attached to an aromatic ring is 1. The lowest BCUT2D eigenvalue weighted by Gasteiger charge is -2.08. The van der Waals surface area contributed by atoms with Gasteiger partial charge in [0.2, 0.25) is 0 Å². The van der Waals surface area contributed by atoms with E-state index in [0.29, 0.717) is 17.3 Å². The minimum atomic E-state index is -0.195. The third-order valence-corrected chi connectivity index (χ3v) is 4.29. The molecule has 1 fully saturated rings. The van der Waals surface area contributed by atoms with Crippen LogP contribution in [0.2, 0.25) is 0 Å². The summed E-state index contributed by atoms with van der Waals surface area (Å²) in [6.45, 7) is 3.70. The van der Waals surface area contributed by atoms with Gasteiger partial charge in [-0.1, -0.05) is 12.1 Å². The highest BCUT2D eigenvalue weighted by molar-refractivity contribution is 5.69. The molecule has 0 saturated heterocycles. The van der Waals surface area contributed by atoms with E-state index in [1.165, 1.54) is 6.07 Å². The van der Waals surface area contributed by atoms with Gasteiger partial charge in [0.15, 0.2) is 0 Å². The summed E-state index contributed by atoms with van der Waals surface area (Å²) in [4.78, 5) is 13.8. The molecule has 3 aromatic rings. The molecule has 2 heterocycles. The van der Waals surface area contributed by atoms with E-state index in [4.69, 9.17) is 5.73 Å². The second-order valence-electron chi connectivity index (χ2n) is 6.11. The van der Waals surface area contributed by atoms with Crippen LogP contribution in [-0.4, -0.2) is 15.7 Å². The van der Waals surface area contributed by atoms with E-state index in [-0.39, 0.29) is 5.82 Å². The molecule has 24 heavy (non-hydrogen) atoms. The molecule has 4 rings (SSSR count). The number of pyridine rings is 1. The molecule has 2 N–H and O–H groups in total. The average Bonchev–Trinajstić information content (AvgIpc) is 3.38. The molecular weight excluding hydrogens is 305 g/mol. The normalized spacial score (nSPS) is 13.5. The zero-order valence-corrected chi connectivity index (χ0v) is 13.8. The molecule has 1 saturated carbocycles. The number of carbonyl (C=O) groups excluding carboxylic acids is 1. The van der Waals surface area contributed by atoms with E-state index >= 15 is 0 Å². The molecule has 2 aromatic heterocycles. The van der Waals surface area contributed by atoms with Gasteiger partial charge in [-0.3, -0.25) is 0 Å². The van der Waals surface area contributed by atoms with Crippen LogP contribution in [0.1, 0.15) is 24.1 Å². The largest absolute Gasteiger partial charge is 0.382 e. The SMILES string of the molecule is Cc1c(F)cccc1-c1ccc2nc(N)c(C)n2c1.O=CC1CC1. The number of carbonyl (C=O) groups is 1. The third kappa shape index (κ3) is 3.15. The number of aryl methyl sites for hydroxylation is 1. The maximum atomic E-state index is 13.6. The van der Waals surface area contributed by atoms with Crippen molar-refractivity contribution in [2.24, 2.45) is 5.92 Å². The van der Waals surface area contributed by atoms with Crippen LogP contribution < -0.4 is 5.73 Å². The Balaban J connectivity index is 0.000000290. The van der Waals surface area contributed by atoms with Gasteiger partial charge in [0.25, 0.3) is 0 Å². The Morgan fingerprint density at radius 3 is 2.62 bits per heavy atom. The Bertz CT molecular complexity index is 897. The van der Waals surface area contributed by atoms with Crippen molar-refractivity contribution in [3.05, 3.63) is 53.6 Å². The van der Waals surface area contributed by atoms with Crippen LogP contribution >= 0.6 is 0 Å². The van der Waals surface area contributed by atoms with E-state index in [2.05, 4.69) is 4.98 Å². The van der Waals surface area contributed by atoms with Crippen molar-refractivity contribution < 1.29 is 9.18 Å². The van der Waals surface area contributed by atoms with Gasteiger partial charge in [0, 0.05) is 12.1 Å². The van der Waals surface area contributed by atoms with Gasteiger partial charge < -0.3 is 14.9 Å². The summed E-state index contributed by atoms with van der Waals surface area (Å²) in [6.07, 6.45) is 5.25. The van der Waals surface area contributed by atoms with Crippen LogP contribution in [0.15, 0.2) is 36.5 Å². The quantitative estimate of drug-likeness (QED) is 0.726. The molecule has 1 aromatic carbocycles. The van der Waals surface area contributed by atoms with E-state index in [1.54, 1.807) is 13.0 Å². The molecule has 0 amide bonds. The number of nitrogens with two attached hydrogens (primary N) is 1. The van der Waals surface area contributed by atoms with Crippen molar-refractivity contribution in [3.63, 3.8) is 0 Å². The molecule has 0 aliphatic heterocycles. The van der Waals surface area contributed by atoms with E-state index in [9.17, 15) is 9.18 Å². The Morgan fingerprint density at radius 1 is 1.25 bits per heavy atom. The van der Waals surface area contributed by atoms with Gasteiger partial charge in [0.1, 0.15) is 23.6 Å². The summed E-state index contributed by atoms with van der Waals surface area (Å²) in [7, 11) is 0. The Morgan fingerprint density at radius 2 is 2.00 bits per heavy atom. The molecule has 0 bridgehead atoms. The molecule has 4 nitrogen and oxygen atoms in total. The van der Waals surface area contributed by atoms with Gasteiger partial charge in [-0.25, -0.2) is 9.37 Å². The van der Waals surface area contributed by atoms with Gasteiger partial charge in [-0.15, -0.1) is 0 Å². The van der Waals surface area contributed by atoms with Crippen molar-refractivity contribution in [1.29, 1.82) is 0 Å². The third-order valence-electron chi connectivity index (χ3n) is 4.29. The number of hydrogen-bond donors (Lipinski definition) is 1. The van der Waals surface area contributed by atoms with Crippen LogP contribution in [-0.2, 0) is 4.79 Å². The molecule has 1 aliphatic rings. The highest BCUT2D eigenvalue weighted by Crippen LogP contribution is 2.26. The lowest BCUT2D eigenvalue weighted by molar-refractivity contribution is -0.108. The maximum absolute atomic E-state index is 13.6. The van der Waals surface area contributed by atoms with Crippen molar-refractivity contribution in [2.45, 2.75) is 26.7 Å². The number of hydrogen-bond acceptors (Lipinski definition) is 3. The number of rotatable bonds is 2. The molecule has 124 valence electrons. The van der Waals surface area contributed by atoms with Crippen LogP contribution in [0.5, 0.6) is 0 Å². The van der Waals surface area contributed by atoms with E-state index in [0.717, 1.165) is 41.6 Å². The zero-order valence-electron chi connectivity index (χ0n) is 13.8. The second kappa shape index (κ2) is 6.43. The summed E-state index contributed by atoms with van der Waals surface area (Å²) in [5, 5.41) is 0.